The summed E-state index contributed by atoms with van der Waals surface area (Å²) in [4.78, 5) is 51.0. The van der Waals surface area contributed by atoms with E-state index in [1.54, 1.807) is 12.1 Å². The first-order valence-electron chi connectivity index (χ1n) is 54.0. The van der Waals surface area contributed by atoms with Crippen molar-refractivity contribution in [1.29, 1.82) is 0 Å². The van der Waals surface area contributed by atoms with E-state index in [0.717, 1.165) is 160 Å². The van der Waals surface area contributed by atoms with Gasteiger partial charge in [-0.05, 0) is 417 Å². The van der Waals surface area contributed by atoms with Gasteiger partial charge in [0.05, 0.1) is 0 Å². The van der Waals surface area contributed by atoms with Crippen molar-refractivity contribution in [2.45, 2.75) is 230 Å². The molecule has 8 aromatic rings. The lowest BCUT2D eigenvalue weighted by Crippen LogP contribution is -2.66. The monoisotopic (exact) mass is 1890 g/mol. The Labute approximate surface area is 831 Å². The Morgan fingerprint density at radius 2 is 0.650 bits per heavy atom. The lowest BCUT2D eigenvalue weighted by atomic mass is 9.54. The Hall–Kier alpha value is -9.32. The Morgan fingerprint density at radius 1 is 0.329 bits per heavy atom. The topological polar surface area (TPSA) is 212 Å². The number of amides is 2. The predicted octanol–water partition coefficient (Wildman–Crippen LogP) is 14.9. The average molecular weight is 1890 g/mol. The maximum Gasteiger partial charge on any atom is 0.223 e. The normalized spacial score (nSPS) is 34.1. The Kier molecular flexibility index (Phi) is 25.0. The number of phenols is 6. The number of fused-ring (bicyclic) bond motifs is 6. The molecule has 0 spiro atoms. The number of nitrogens with one attached hydrogen (secondary N) is 2. The fourth-order valence-corrected chi connectivity index (χ4v) is 32.8. The molecule has 28 rings (SSSR count). The molecule has 20 nitrogen and oxygen atoms in total. The van der Waals surface area contributed by atoms with Crippen LogP contribution in [0.5, 0.6) is 34.5 Å². The van der Waals surface area contributed by atoms with E-state index in [4.69, 9.17) is 0 Å². The van der Waals surface area contributed by atoms with Gasteiger partial charge in [-0.15, -0.1) is 0 Å². The van der Waals surface area contributed by atoms with Crippen LogP contribution >= 0.6 is 0 Å². The fourth-order valence-electron chi connectivity index (χ4n) is 32.8. The minimum Gasteiger partial charge on any atom is -0.508 e. The molecule has 140 heavy (non-hydrogen) atoms. The number of nitrogens with zero attached hydrogens (tertiary/aromatic N) is 10. The van der Waals surface area contributed by atoms with Gasteiger partial charge in [-0.25, -0.2) is 0 Å². The third-order valence-corrected chi connectivity index (χ3v) is 40.7. The van der Waals surface area contributed by atoms with Crippen molar-refractivity contribution in [3.63, 3.8) is 0 Å². The van der Waals surface area contributed by atoms with Crippen LogP contribution in [0.25, 0.3) is 0 Å². The smallest absolute Gasteiger partial charge is 0.223 e. The lowest BCUT2D eigenvalue weighted by molar-refractivity contribution is -0.145. The van der Waals surface area contributed by atoms with Gasteiger partial charge >= 0.3 is 0 Å². The molecule has 12 saturated heterocycles. The van der Waals surface area contributed by atoms with Crippen molar-refractivity contribution in [2.24, 2.45) is 47.3 Å². The van der Waals surface area contributed by atoms with Gasteiger partial charge < -0.3 is 85.4 Å². The van der Waals surface area contributed by atoms with Gasteiger partial charge in [-0.1, -0.05) is 103 Å². The number of allylic oxidation sites excluding steroid dienone is 1. The van der Waals surface area contributed by atoms with Crippen LogP contribution in [0.3, 0.4) is 0 Å². The van der Waals surface area contributed by atoms with Gasteiger partial charge in [-0.2, -0.15) is 0 Å². The van der Waals surface area contributed by atoms with E-state index in [9.17, 15) is 40.2 Å². The summed E-state index contributed by atoms with van der Waals surface area (Å²) in [5, 5.41) is 67.4. The second kappa shape index (κ2) is 37.1. The van der Waals surface area contributed by atoms with Crippen LogP contribution in [0.4, 0.5) is 0 Å². The standard InChI is InChI=1S/C24H30N2O.C23H26N2O2.C20H26N2O2.C20H28N2O.C17H22N2O.C16H22N2O/c1-17-3-5-18(6-4-17)15-26-12-10-24-9-11-25(2)23(22(24)16-26)13-19-7-8-20(27)14-21(19)24;1-24-10-9-23-13-22(27)25(14-16-5-3-2-4-6-16)15-20(23)21(24)11-17-7-8-18(26)12-19(17)23;1-21-7-6-20-10-19(24)22(11-13-2-3-13)12-17(20)18(21)8-14-4-5-15(23)9-16(14)20;1-21-8-6-20-7-9-22(12-14-2-3-14)13-18(20)19(21)10-15-4-5-16(23)11-17(15)20;1-11-9-17-5-6-19(2)16(15(17)10-18-11)7-12-3-4-13(20)8-14(12)17;1-18-7-5-16-4-6-17-10-14(16)15(18)8-11-2-3-12(19)9-13(11)16/h3-8,14,22-23,27H,9-13,15-16H2,1-2H3;2-8,12,20-21,26H,9-11,13-15H2,1H3;4-5,9,13,17-18,23H,2-3,6-8,10-12H2,1H3;4-5,11,14,18-19,23H,2-3,6-10,12-13H2,1H3;3-4,8,15-16,18,20H,1,5-7,9-10H2,2H3;2-3,9,14-15,17,19H,4-8,10H2,1H3/t22-,23+,24+;20-,21+,23+;17-,18+,20+;18-,19+,20+;15-,16+,17+;14-,15+,16-/m000000/s1. The lowest BCUT2D eigenvalue weighted by Gasteiger charge is -2.60. The number of carbonyl (C=O) groups excluding carboxylic acids is 2. The molecule has 14 fully saturated rings. The summed E-state index contributed by atoms with van der Waals surface area (Å²) in [6, 6.07) is 58.8. The van der Waals surface area contributed by atoms with E-state index in [1.807, 2.05) is 60.7 Å². The fraction of sp³-hybridized carbons (Fsp3) is 0.567. The number of hydrogen-bond donors (Lipinski definition) is 8. The highest BCUT2D eigenvalue weighted by Gasteiger charge is 2.63. The number of piperidine rings is 12. The van der Waals surface area contributed by atoms with E-state index in [1.165, 1.54) is 193 Å². The first-order chi connectivity index (χ1) is 67.6. The Balaban J connectivity index is 0.0000000941. The highest BCUT2D eigenvalue weighted by Crippen LogP contribution is 2.62. The van der Waals surface area contributed by atoms with E-state index < -0.39 is 0 Å². The summed E-state index contributed by atoms with van der Waals surface area (Å²) in [6.45, 7) is 26.9. The van der Waals surface area contributed by atoms with Crippen molar-refractivity contribution in [3.8, 4) is 34.5 Å². The predicted molar refractivity (Wildman–Crippen MR) is 553 cm³/mol. The SMILES string of the molecule is C=C1C[C@]23CCN(C)[C@H](Cc4ccc(O)cc42)[C@@H]3CN1.CN1CC[C@]23CC(=O)N(CC4CC4)C[C@H]2[C@H]1Cc1ccc(O)cc13.CN1CC[C@]23CC(=O)N(Cc4ccccc4)C[C@H]2[C@H]1Cc1ccc(O)cc13.CN1CC[C@]23CCN(CC4CC4)C[C@H]2[C@H]1Cc1ccc(O)cc13.CN1CC[C@]23CCNC[C@H]2[C@H]1Cc1ccc(O)cc13.Cc1ccc(CN2CC[C@]34CCN(C)[C@H](Cc5ccc(O)cc53)[C@@H]4C2)cc1. The number of likely N-dealkylation sites (N-methyl/N-ethyl adjacent to an activating group) is 6. The summed E-state index contributed by atoms with van der Waals surface area (Å²) in [5.41, 5.74) is 22.7. The molecule has 8 aliphatic carbocycles. The minimum atomic E-state index is -0.117. The van der Waals surface area contributed by atoms with Crippen molar-refractivity contribution in [2.75, 3.05) is 154 Å². The molecular weight excluding hydrogens is 1740 g/mol. The van der Waals surface area contributed by atoms with Crippen LogP contribution < -0.4 is 10.6 Å². The summed E-state index contributed by atoms with van der Waals surface area (Å²) >= 11 is 0. The minimum absolute atomic E-state index is 0.0549. The van der Waals surface area contributed by atoms with E-state index in [2.05, 4.69) is 206 Å². The highest BCUT2D eigenvalue weighted by molar-refractivity contribution is 5.81. The third-order valence-electron chi connectivity index (χ3n) is 40.7. The molecule has 18 atom stereocenters. The molecular formula is C120H154N12O8. The largest absolute Gasteiger partial charge is 0.508 e. The summed E-state index contributed by atoms with van der Waals surface area (Å²) in [5.74, 6) is 8.34. The summed E-state index contributed by atoms with van der Waals surface area (Å²) < 4.78 is 0. The van der Waals surface area contributed by atoms with Crippen LogP contribution in [0.1, 0.15) is 186 Å². The number of benzene rings is 8. The van der Waals surface area contributed by atoms with Crippen LogP contribution in [0, 0.1) is 54.3 Å². The first kappa shape index (κ1) is 94.3. The zero-order valence-electron chi connectivity index (χ0n) is 84.3. The van der Waals surface area contributed by atoms with Crippen molar-refractivity contribution < 1.29 is 40.2 Å². The van der Waals surface area contributed by atoms with Gasteiger partial charge in [0, 0.05) is 170 Å². The Bertz CT molecular complexity index is 5990. The molecule has 12 heterocycles. The third kappa shape index (κ3) is 16.9. The second-order valence-corrected chi connectivity index (χ2v) is 48.0. The molecule has 742 valence electrons. The van der Waals surface area contributed by atoms with Crippen LogP contribution in [-0.4, -0.2) is 281 Å². The number of aromatic hydroxyl groups is 6. The zero-order valence-corrected chi connectivity index (χ0v) is 84.3. The van der Waals surface area contributed by atoms with Gasteiger partial charge in [0.15, 0.2) is 0 Å². The van der Waals surface area contributed by atoms with Crippen LogP contribution in [0.15, 0.2) is 176 Å². The first-order valence-corrected chi connectivity index (χ1v) is 54.0. The van der Waals surface area contributed by atoms with Crippen molar-refractivity contribution >= 4 is 11.8 Å². The van der Waals surface area contributed by atoms with Gasteiger partial charge in [0.1, 0.15) is 34.5 Å². The summed E-state index contributed by atoms with van der Waals surface area (Å²) in [6.07, 6.45) is 24.9. The number of likely N-dealkylation sites (tertiary alicyclic amines) is 10. The molecule has 0 aromatic heterocycles. The molecule has 12 aliphatic heterocycles. The second-order valence-electron chi connectivity index (χ2n) is 48.0. The molecule has 20 aliphatic rings. The van der Waals surface area contributed by atoms with E-state index in [0.29, 0.717) is 136 Å². The number of carbonyl (C=O) groups is 2. The van der Waals surface area contributed by atoms with Gasteiger partial charge in [-0.3, -0.25) is 14.5 Å². The molecule has 8 aromatic carbocycles. The van der Waals surface area contributed by atoms with Crippen LogP contribution in [-0.2, 0) is 93.7 Å². The number of phenolic OH excluding ortho intramolecular Hbond substituents is 6. The number of hydrogen-bond acceptors (Lipinski definition) is 18. The number of aryl methyl sites for hydroxylation is 1. The molecule has 8 N–H and O–H groups in total. The molecule has 0 radical (unpaired) electrons. The Morgan fingerprint density at radius 3 is 1.06 bits per heavy atom. The quantitative estimate of drug-likeness (QED) is 0.0711. The summed E-state index contributed by atoms with van der Waals surface area (Å²) in [7, 11) is 13.6. The maximum absolute atomic E-state index is 13.2. The zero-order chi connectivity index (χ0) is 96.2. The van der Waals surface area contributed by atoms with E-state index >= 15 is 0 Å². The molecule has 2 saturated carbocycles. The molecule has 20 heteroatoms. The van der Waals surface area contributed by atoms with Gasteiger partial charge in [0.25, 0.3) is 0 Å². The van der Waals surface area contributed by atoms with E-state index in [-0.39, 0.29) is 27.6 Å². The maximum atomic E-state index is 13.2. The van der Waals surface area contributed by atoms with Crippen molar-refractivity contribution in [1.82, 2.24) is 59.6 Å². The average Bonchev–Trinajstić information content (AvgIpc) is 0.954. The molecule has 12 bridgehead atoms. The molecule has 0 unspecified atom stereocenters. The van der Waals surface area contributed by atoms with Gasteiger partial charge in [0.2, 0.25) is 11.8 Å². The molecule has 2 amide bonds. The van der Waals surface area contributed by atoms with Crippen LogP contribution in [0.2, 0.25) is 0 Å². The van der Waals surface area contributed by atoms with Crippen molar-refractivity contribution in [3.05, 3.63) is 260 Å². The highest BCUT2D eigenvalue weighted by atomic mass is 16.3. The number of rotatable bonds is 8.